The summed E-state index contributed by atoms with van der Waals surface area (Å²) in [5, 5.41) is 5.56. The molecule has 19 heavy (non-hydrogen) atoms. The second kappa shape index (κ2) is 4.46. The molecule has 0 radical (unpaired) electrons. The van der Waals surface area contributed by atoms with Gasteiger partial charge in [0.2, 0.25) is 0 Å². The molecule has 1 saturated carbocycles. The molecule has 0 atom stereocenters. The second-order valence-corrected chi connectivity index (χ2v) is 5.53. The average molecular weight is 257 g/mol. The van der Waals surface area contributed by atoms with Crippen LogP contribution in [0.4, 0.5) is 0 Å². The van der Waals surface area contributed by atoms with E-state index in [1.165, 1.54) is 0 Å². The Balaban J connectivity index is 1.91. The largest absolute Gasteiger partial charge is 0.329 e. The lowest BCUT2D eigenvalue weighted by molar-refractivity contribution is -0.132. The third-order valence-electron chi connectivity index (χ3n) is 4.46. The fourth-order valence-electron chi connectivity index (χ4n) is 2.96. The Hall–Kier alpha value is -1.68. The first kappa shape index (κ1) is 12.4. The lowest BCUT2D eigenvalue weighted by Crippen LogP contribution is -2.45. The Morgan fingerprint density at radius 1 is 1.42 bits per heavy atom. The highest BCUT2D eigenvalue weighted by molar-refractivity contribution is 5.92. The van der Waals surface area contributed by atoms with Gasteiger partial charge in [0, 0.05) is 24.4 Å². The minimum atomic E-state index is -0.265. The first-order chi connectivity index (χ1) is 9.16. The number of para-hydroxylation sites is 1. The molecule has 0 spiro atoms. The van der Waals surface area contributed by atoms with Crippen LogP contribution in [0, 0.1) is 5.41 Å². The van der Waals surface area contributed by atoms with E-state index in [0.717, 1.165) is 35.9 Å². The van der Waals surface area contributed by atoms with Crippen molar-refractivity contribution in [3.63, 3.8) is 0 Å². The number of carbonyl (C=O) groups excluding carboxylic acids is 1. The molecule has 1 aromatic heterocycles. The molecule has 100 valence electrons. The van der Waals surface area contributed by atoms with Crippen LogP contribution in [0.25, 0.3) is 10.9 Å². The van der Waals surface area contributed by atoms with Gasteiger partial charge in [-0.1, -0.05) is 24.6 Å². The van der Waals surface area contributed by atoms with E-state index < -0.39 is 0 Å². The van der Waals surface area contributed by atoms with Crippen molar-refractivity contribution in [2.45, 2.75) is 25.7 Å². The normalized spacial score (nSPS) is 17.4. The molecule has 0 unspecified atom stereocenters. The van der Waals surface area contributed by atoms with Gasteiger partial charge in [-0.25, -0.2) is 0 Å². The molecule has 1 fully saturated rings. The van der Waals surface area contributed by atoms with Gasteiger partial charge in [-0.2, -0.15) is 5.10 Å². The quantitative estimate of drug-likeness (QED) is 0.908. The maximum absolute atomic E-state index is 12.5. The van der Waals surface area contributed by atoms with Crippen molar-refractivity contribution >= 4 is 16.7 Å². The molecule has 1 aliphatic carbocycles. The summed E-state index contributed by atoms with van der Waals surface area (Å²) in [6.45, 7) is 0.469. The van der Waals surface area contributed by atoms with E-state index in [0.29, 0.717) is 13.0 Å². The van der Waals surface area contributed by atoms with Crippen LogP contribution in [-0.4, -0.2) is 22.1 Å². The van der Waals surface area contributed by atoms with Crippen molar-refractivity contribution in [2.24, 2.45) is 18.2 Å². The second-order valence-electron chi connectivity index (χ2n) is 5.53. The molecule has 1 aliphatic rings. The Labute approximate surface area is 112 Å². The molecule has 0 saturated heterocycles. The molecule has 2 aromatic rings. The Bertz CT molecular complexity index is 620. The van der Waals surface area contributed by atoms with Crippen LogP contribution in [0.15, 0.2) is 24.3 Å². The van der Waals surface area contributed by atoms with Gasteiger partial charge < -0.3 is 5.73 Å². The molecule has 0 amide bonds. The summed E-state index contributed by atoms with van der Waals surface area (Å²) in [5.41, 5.74) is 7.48. The van der Waals surface area contributed by atoms with Gasteiger partial charge in [-0.05, 0) is 18.9 Å². The highest BCUT2D eigenvalue weighted by Gasteiger charge is 2.42. The van der Waals surface area contributed by atoms with Crippen LogP contribution in [0.1, 0.15) is 25.0 Å². The van der Waals surface area contributed by atoms with Crippen LogP contribution in [0.3, 0.4) is 0 Å². The molecule has 0 bridgehead atoms. The van der Waals surface area contributed by atoms with Crippen LogP contribution >= 0.6 is 0 Å². The highest BCUT2D eigenvalue weighted by Crippen LogP contribution is 2.41. The van der Waals surface area contributed by atoms with E-state index in [4.69, 9.17) is 5.73 Å². The molecule has 3 rings (SSSR count). The van der Waals surface area contributed by atoms with Crippen molar-refractivity contribution in [3.05, 3.63) is 30.0 Å². The third-order valence-corrected chi connectivity index (χ3v) is 4.46. The minimum Gasteiger partial charge on any atom is -0.329 e. The van der Waals surface area contributed by atoms with Gasteiger partial charge in [-0.3, -0.25) is 9.48 Å². The van der Waals surface area contributed by atoms with Crippen molar-refractivity contribution < 1.29 is 4.79 Å². The zero-order valence-corrected chi connectivity index (χ0v) is 11.2. The topological polar surface area (TPSA) is 60.9 Å². The van der Waals surface area contributed by atoms with Crippen LogP contribution in [-0.2, 0) is 18.3 Å². The van der Waals surface area contributed by atoms with E-state index >= 15 is 0 Å². The fraction of sp³-hybridized carbons (Fsp3) is 0.467. The Morgan fingerprint density at radius 2 is 2.16 bits per heavy atom. The Morgan fingerprint density at radius 3 is 2.79 bits per heavy atom. The number of fused-ring (bicyclic) bond motifs is 1. The molecule has 1 aromatic carbocycles. The van der Waals surface area contributed by atoms with Crippen molar-refractivity contribution in [3.8, 4) is 0 Å². The molecular formula is C15H19N3O. The van der Waals surface area contributed by atoms with E-state index in [-0.39, 0.29) is 11.2 Å². The van der Waals surface area contributed by atoms with Gasteiger partial charge >= 0.3 is 0 Å². The SMILES string of the molecule is Cn1nc(CC(=O)C2(CN)CCC2)c2ccccc21. The number of Topliss-reactive ketones (excluding diaryl/α,β-unsaturated/α-hetero) is 1. The Kier molecular flexibility index (Phi) is 2.90. The maximum Gasteiger partial charge on any atom is 0.146 e. The van der Waals surface area contributed by atoms with E-state index in [9.17, 15) is 4.79 Å². The monoisotopic (exact) mass is 257 g/mol. The van der Waals surface area contributed by atoms with Crippen LogP contribution in [0.5, 0.6) is 0 Å². The first-order valence-electron chi connectivity index (χ1n) is 6.80. The number of benzene rings is 1. The number of nitrogens with zero attached hydrogens (tertiary/aromatic N) is 2. The molecule has 4 heteroatoms. The number of hydrogen-bond acceptors (Lipinski definition) is 3. The van der Waals surface area contributed by atoms with Crippen LogP contribution in [0.2, 0.25) is 0 Å². The van der Waals surface area contributed by atoms with E-state index in [1.807, 2.05) is 36.0 Å². The standard InChI is InChI=1S/C15H19N3O/c1-18-13-6-3-2-5-11(13)12(17-18)9-14(19)15(10-16)7-4-8-15/h2-3,5-6H,4,7-10,16H2,1H3. The van der Waals surface area contributed by atoms with Crippen molar-refractivity contribution in [1.29, 1.82) is 0 Å². The third kappa shape index (κ3) is 1.87. The summed E-state index contributed by atoms with van der Waals surface area (Å²) >= 11 is 0. The van der Waals surface area contributed by atoms with Gasteiger partial charge in [0.05, 0.1) is 17.6 Å². The fourth-order valence-corrected chi connectivity index (χ4v) is 2.96. The van der Waals surface area contributed by atoms with Crippen molar-refractivity contribution in [1.82, 2.24) is 9.78 Å². The lowest BCUT2D eigenvalue weighted by Gasteiger charge is -2.39. The van der Waals surface area contributed by atoms with Gasteiger partial charge in [0.25, 0.3) is 0 Å². The minimum absolute atomic E-state index is 0.255. The number of ketones is 1. The zero-order chi connectivity index (χ0) is 13.5. The number of aryl methyl sites for hydroxylation is 1. The predicted molar refractivity (Wildman–Crippen MR) is 74.8 cm³/mol. The summed E-state index contributed by atoms with van der Waals surface area (Å²) in [6.07, 6.45) is 3.39. The smallest absolute Gasteiger partial charge is 0.146 e. The lowest BCUT2D eigenvalue weighted by atomic mass is 9.65. The number of rotatable bonds is 4. The van der Waals surface area contributed by atoms with Crippen LogP contribution < -0.4 is 5.73 Å². The predicted octanol–water partition coefficient (Wildman–Crippen LogP) is 1.81. The average Bonchev–Trinajstić information content (AvgIpc) is 2.66. The summed E-state index contributed by atoms with van der Waals surface area (Å²) in [6, 6.07) is 8.03. The zero-order valence-electron chi connectivity index (χ0n) is 11.2. The maximum atomic E-state index is 12.5. The van der Waals surface area contributed by atoms with E-state index in [2.05, 4.69) is 5.10 Å². The number of nitrogens with two attached hydrogens (primary N) is 1. The van der Waals surface area contributed by atoms with Gasteiger partial charge in [0.15, 0.2) is 0 Å². The van der Waals surface area contributed by atoms with Gasteiger partial charge in [0.1, 0.15) is 5.78 Å². The van der Waals surface area contributed by atoms with Crippen molar-refractivity contribution in [2.75, 3.05) is 6.54 Å². The summed E-state index contributed by atoms with van der Waals surface area (Å²) in [5.74, 6) is 0.255. The van der Waals surface area contributed by atoms with Gasteiger partial charge in [-0.15, -0.1) is 0 Å². The molecule has 4 nitrogen and oxygen atoms in total. The molecular weight excluding hydrogens is 238 g/mol. The molecule has 2 N–H and O–H groups in total. The van der Waals surface area contributed by atoms with E-state index in [1.54, 1.807) is 0 Å². The number of carbonyl (C=O) groups is 1. The molecule has 0 aliphatic heterocycles. The number of aromatic nitrogens is 2. The first-order valence-corrected chi connectivity index (χ1v) is 6.80. The summed E-state index contributed by atoms with van der Waals surface area (Å²) in [7, 11) is 1.92. The summed E-state index contributed by atoms with van der Waals surface area (Å²) < 4.78 is 1.84. The highest BCUT2D eigenvalue weighted by atomic mass is 16.1. The summed E-state index contributed by atoms with van der Waals surface area (Å²) in [4.78, 5) is 12.5. The number of hydrogen-bond donors (Lipinski definition) is 1. The molecule has 1 heterocycles.